The molecule has 2 heterocycles. The summed E-state index contributed by atoms with van der Waals surface area (Å²) >= 11 is 0. The summed E-state index contributed by atoms with van der Waals surface area (Å²) in [5.41, 5.74) is 3.28. The predicted molar refractivity (Wildman–Crippen MR) is 94.0 cm³/mol. The number of hydrogen-bond donors (Lipinski definition) is 1. The van der Waals surface area contributed by atoms with E-state index in [1.807, 2.05) is 11.8 Å². The highest BCUT2D eigenvalue weighted by Crippen LogP contribution is 2.26. The molecular formula is C19H23FN4O. The van der Waals surface area contributed by atoms with Crippen LogP contribution in [0.2, 0.25) is 0 Å². The molecule has 1 atom stereocenters. The molecule has 1 fully saturated rings. The average Bonchev–Trinajstić information content (AvgIpc) is 3.01. The van der Waals surface area contributed by atoms with Crippen LogP contribution in [0, 0.1) is 18.7 Å². The number of rotatable bonds is 2. The molecule has 1 aromatic carbocycles. The molecular weight excluding hydrogens is 319 g/mol. The maximum Gasteiger partial charge on any atom is 0.226 e. The number of aromatic nitrogens is 2. The third kappa shape index (κ3) is 3.25. The number of nitrogens with one attached hydrogen (secondary N) is 1. The van der Waals surface area contributed by atoms with Crippen molar-refractivity contribution in [3.05, 3.63) is 47.3 Å². The van der Waals surface area contributed by atoms with Crippen LogP contribution in [0.15, 0.2) is 24.3 Å². The van der Waals surface area contributed by atoms with Gasteiger partial charge in [0.05, 0.1) is 5.69 Å². The number of aryl methyl sites for hydroxylation is 2. The first-order valence-electron chi connectivity index (χ1n) is 8.94. The van der Waals surface area contributed by atoms with E-state index in [2.05, 4.69) is 14.9 Å². The number of piperazine rings is 1. The Morgan fingerprint density at radius 3 is 2.64 bits per heavy atom. The zero-order valence-corrected chi connectivity index (χ0v) is 14.5. The number of hydrogen-bond acceptors (Lipinski definition) is 3. The van der Waals surface area contributed by atoms with Crippen molar-refractivity contribution in [1.29, 1.82) is 0 Å². The third-order valence-corrected chi connectivity index (χ3v) is 5.30. The lowest BCUT2D eigenvalue weighted by molar-refractivity contribution is -0.136. The second kappa shape index (κ2) is 6.50. The molecule has 1 aliphatic heterocycles. The average molecular weight is 342 g/mol. The van der Waals surface area contributed by atoms with E-state index < -0.39 is 0 Å². The molecule has 1 aliphatic carbocycles. The molecule has 0 radical (unpaired) electrons. The summed E-state index contributed by atoms with van der Waals surface area (Å²) in [4.78, 5) is 24.9. The highest BCUT2D eigenvalue weighted by Gasteiger charge is 2.31. The quantitative estimate of drug-likeness (QED) is 0.911. The Hall–Kier alpha value is -2.37. The normalized spacial score (nSPS) is 20.5. The van der Waals surface area contributed by atoms with Crippen molar-refractivity contribution in [3.8, 4) is 0 Å². The lowest BCUT2D eigenvalue weighted by Crippen LogP contribution is -2.51. The molecule has 1 saturated heterocycles. The van der Waals surface area contributed by atoms with Crippen LogP contribution < -0.4 is 4.90 Å². The number of fused-ring (bicyclic) bond motifs is 1. The topological polar surface area (TPSA) is 52.2 Å². The van der Waals surface area contributed by atoms with Gasteiger partial charge in [-0.05, 0) is 44.0 Å². The molecule has 5 nitrogen and oxygen atoms in total. The third-order valence-electron chi connectivity index (χ3n) is 5.30. The number of carbonyl (C=O) groups excluding carboxylic acids is 1. The van der Waals surface area contributed by atoms with Crippen molar-refractivity contribution in [2.45, 2.75) is 26.2 Å². The highest BCUT2D eigenvalue weighted by molar-refractivity contribution is 5.79. The number of anilines is 1. The summed E-state index contributed by atoms with van der Waals surface area (Å²) in [5, 5.41) is 0. The maximum absolute atomic E-state index is 13.1. The highest BCUT2D eigenvalue weighted by atomic mass is 19.1. The second-order valence-electron chi connectivity index (χ2n) is 6.98. The molecule has 2 aliphatic rings. The minimum atomic E-state index is -0.219. The SMILES string of the molecule is Cc1nc2c([nH]1)C[C@H](C(=O)N1CCN(c3ccc(F)cc3)CC1)CC2. The Morgan fingerprint density at radius 1 is 1.20 bits per heavy atom. The summed E-state index contributed by atoms with van der Waals surface area (Å²) in [5.74, 6) is 1.04. The summed E-state index contributed by atoms with van der Waals surface area (Å²) < 4.78 is 13.1. The van der Waals surface area contributed by atoms with Crippen molar-refractivity contribution in [3.63, 3.8) is 0 Å². The smallest absolute Gasteiger partial charge is 0.226 e. The molecule has 2 aromatic rings. The van der Waals surface area contributed by atoms with E-state index in [9.17, 15) is 9.18 Å². The van der Waals surface area contributed by atoms with Crippen LogP contribution in [-0.4, -0.2) is 47.0 Å². The molecule has 0 unspecified atom stereocenters. The van der Waals surface area contributed by atoms with E-state index in [-0.39, 0.29) is 17.6 Å². The van der Waals surface area contributed by atoms with E-state index >= 15 is 0 Å². The van der Waals surface area contributed by atoms with Crippen LogP contribution in [0.4, 0.5) is 10.1 Å². The van der Waals surface area contributed by atoms with Crippen molar-refractivity contribution >= 4 is 11.6 Å². The summed E-state index contributed by atoms with van der Waals surface area (Å²) in [6.45, 7) is 4.99. The number of amides is 1. The monoisotopic (exact) mass is 342 g/mol. The summed E-state index contributed by atoms with van der Waals surface area (Å²) in [6, 6.07) is 6.57. The van der Waals surface area contributed by atoms with E-state index in [4.69, 9.17) is 0 Å². The predicted octanol–water partition coefficient (Wildman–Crippen LogP) is 2.31. The number of imidazole rings is 1. The van der Waals surface area contributed by atoms with Gasteiger partial charge in [-0.15, -0.1) is 0 Å². The first-order chi connectivity index (χ1) is 12.1. The minimum Gasteiger partial charge on any atom is -0.368 e. The van der Waals surface area contributed by atoms with Crippen LogP contribution in [0.3, 0.4) is 0 Å². The summed E-state index contributed by atoms with van der Waals surface area (Å²) in [7, 11) is 0. The number of H-pyrrole nitrogens is 1. The molecule has 4 rings (SSSR count). The van der Waals surface area contributed by atoms with Crippen molar-refractivity contribution in [2.75, 3.05) is 31.1 Å². The van der Waals surface area contributed by atoms with Crippen LogP contribution in [0.5, 0.6) is 0 Å². The van der Waals surface area contributed by atoms with Gasteiger partial charge in [0.15, 0.2) is 0 Å². The molecule has 132 valence electrons. The fourth-order valence-corrected chi connectivity index (χ4v) is 3.93. The fraction of sp³-hybridized carbons (Fsp3) is 0.474. The van der Waals surface area contributed by atoms with Gasteiger partial charge in [-0.2, -0.15) is 0 Å². The van der Waals surface area contributed by atoms with Crippen molar-refractivity contribution < 1.29 is 9.18 Å². The van der Waals surface area contributed by atoms with Gasteiger partial charge in [0.1, 0.15) is 11.6 Å². The molecule has 0 saturated carbocycles. The Balaban J connectivity index is 1.36. The van der Waals surface area contributed by atoms with Crippen LogP contribution in [-0.2, 0) is 17.6 Å². The Kier molecular flexibility index (Phi) is 4.19. The number of aromatic amines is 1. The van der Waals surface area contributed by atoms with Gasteiger partial charge in [-0.25, -0.2) is 9.37 Å². The molecule has 25 heavy (non-hydrogen) atoms. The molecule has 6 heteroatoms. The number of halogens is 1. The van der Waals surface area contributed by atoms with Crippen LogP contribution in [0.25, 0.3) is 0 Å². The van der Waals surface area contributed by atoms with Crippen molar-refractivity contribution in [2.24, 2.45) is 5.92 Å². The van der Waals surface area contributed by atoms with Crippen molar-refractivity contribution in [1.82, 2.24) is 14.9 Å². The molecule has 1 amide bonds. The Labute approximate surface area is 146 Å². The second-order valence-corrected chi connectivity index (χ2v) is 6.98. The number of carbonyl (C=O) groups is 1. The maximum atomic E-state index is 13.1. The Morgan fingerprint density at radius 2 is 1.92 bits per heavy atom. The Bertz CT molecular complexity index is 762. The van der Waals surface area contributed by atoms with Gasteiger partial charge in [0, 0.05) is 49.9 Å². The van der Waals surface area contributed by atoms with E-state index in [1.54, 1.807) is 12.1 Å². The first kappa shape index (κ1) is 16.1. The molecule has 0 spiro atoms. The summed E-state index contributed by atoms with van der Waals surface area (Å²) in [6.07, 6.45) is 2.53. The van der Waals surface area contributed by atoms with Gasteiger partial charge >= 0.3 is 0 Å². The zero-order chi connectivity index (χ0) is 17.4. The fourth-order valence-electron chi connectivity index (χ4n) is 3.93. The molecule has 1 N–H and O–H groups in total. The largest absolute Gasteiger partial charge is 0.368 e. The zero-order valence-electron chi connectivity index (χ0n) is 14.5. The molecule has 1 aromatic heterocycles. The van der Waals surface area contributed by atoms with E-state index in [1.165, 1.54) is 12.1 Å². The van der Waals surface area contributed by atoms with Gasteiger partial charge < -0.3 is 14.8 Å². The van der Waals surface area contributed by atoms with E-state index in [0.717, 1.165) is 68.3 Å². The van der Waals surface area contributed by atoms with Gasteiger partial charge in [0.25, 0.3) is 0 Å². The van der Waals surface area contributed by atoms with Gasteiger partial charge in [-0.3, -0.25) is 4.79 Å². The number of nitrogens with zero attached hydrogens (tertiary/aromatic N) is 3. The lowest BCUT2D eigenvalue weighted by atomic mass is 9.88. The first-order valence-corrected chi connectivity index (χ1v) is 8.94. The number of benzene rings is 1. The standard InChI is InChI=1S/C19H23FN4O/c1-13-21-17-7-2-14(12-18(17)22-13)19(25)24-10-8-23(9-11-24)16-5-3-15(20)4-6-16/h3-6,14H,2,7-12H2,1H3,(H,21,22)/t14-/m1/s1. The molecule has 0 bridgehead atoms. The lowest BCUT2D eigenvalue weighted by Gasteiger charge is -2.38. The van der Waals surface area contributed by atoms with Gasteiger partial charge in [-0.1, -0.05) is 0 Å². The minimum absolute atomic E-state index is 0.0599. The van der Waals surface area contributed by atoms with E-state index in [0.29, 0.717) is 0 Å². The van der Waals surface area contributed by atoms with Crippen LogP contribution >= 0.6 is 0 Å². The van der Waals surface area contributed by atoms with Crippen LogP contribution in [0.1, 0.15) is 23.6 Å². The van der Waals surface area contributed by atoms with Gasteiger partial charge in [0.2, 0.25) is 5.91 Å².